The Balaban J connectivity index is 0.000000370. The summed E-state index contributed by atoms with van der Waals surface area (Å²) in [4.78, 5) is 3.89. The second-order valence-corrected chi connectivity index (χ2v) is 6.37. The molecule has 112 valence electrons. The van der Waals surface area contributed by atoms with Crippen LogP contribution in [0.4, 0.5) is 4.39 Å². The van der Waals surface area contributed by atoms with E-state index < -0.39 is 4.75 Å². The van der Waals surface area contributed by atoms with E-state index in [0.29, 0.717) is 16.8 Å². The lowest BCUT2D eigenvalue weighted by molar-refractivity contribution is 0.578. The molecular formula is C13H20BrFN4S. The van der Waals surface area contributed by atoms with Gasteiger partial charge in [-0.3, -0.25) is 0 Å². The molecule has 0 fully saturated rings. The van der Waals surface area contributed by atoms with Crippen molar-refractivity contribution in [3.05, 3.63) is 28.2 Å². The fourth-order valence-corrected chi connectivity index (χ4v) is 1.74. The molecule has 2 atom stereocenters. The van der Waals surface area contributed by atoms with Gasteiger partial charge in [0.1, 0.15) is 10.4 Å². The Morgan fingerprint density at radius 1 is 1.60 bits per heavy atom. The Hall–Kier alpha value is -0.680. The quantitative estimate of drug-likeness (QED) is 0.567. The van der Waals surface area contributed by atoms with Crippen molar-refractivity contribution < 1.29 is 4.39 Å². The molecule has 1 rings (SSSR count). The van der Waals surface area contributed by atoms with Gasteiger partial charge in [0.15, 0.2) is 0 Å². The highest BCUT2D eigenvalue weighted by Gasteiger charge is 2.15. The first-order chi connectivity index (χ1) is 9.23. The number of rotatable bonds is 4. The summed E-state index contributed by atoms with van der Waals surface area (Å²) in [6.07, 6.45) is 1.64. The van der Waals surface area contributed by atoms with E-state index >= 15 is 0 Å². The van der Waals surface area contributed by atoms with E-state index in [2.05, 4.69) is 39.6 Å². The van der Waals surface area contributed by atoms with Gasteiger partial charge in [0.25, 0.3) is 0 Å². The molecule has 0 aromatic carbocycles. The van der Waals surface area contributed by atoms with Crippen molar-refractivity contribution in [1.29, 1.82) is 5.26 Å². The lowest BCUT2D eigenvalue weighted by Gasteiger charge is -2.11. The van der Waals surface area contributed by atoms with Crippen LogP contribution in [0.3, 0.4) is 0 Å². The molecule has 0 saturated carbocycles. The first-order valence-electron chi connectivity index (χ1n) is 6.14. The average Bonchev–Trinajstić information content (AvgIpc) is 2.40. The molecule has 20 heavy (non-hydrogen) atoms. The SMILES string of the molecule is CC(N)c1nc(Br)ccc1F.CC(S)(C#N)CCCN. The molecule has 0 aliphatic heterocycles. The molecule has 0 aliphatic carbocycles. The maximum absolute atomic E-state index is 12.9. The van der Waals surface area contributed by atoms with Crippen molar-refractivity contribution in [2.75, 3.05) is 6.54 Å². The van der Waals surface area contributed by atoms with Crippen molar-refractivity contribution >= 4 is 28.6 Å². The first-order valence-corrected chi connectivity index (χ1v) is 7.38. The topological polar surface area (TPSA) is 88.7 Å². The molecule has 0 spiro atoms. The summed E-state index contributed by atoms with van der Waals surface area (Å²) in [6, 6.07) is 4.60. The smallest absolute Gasteiger partial charge is 0.146 e. The summed E-state index contributed by atoms with van der Waals surface area (Å²) < 4.78 is 13.0. The van der Waals surface area contributed by atoms with E-state index in [0.717, 1.165) is 12.8 Å². The number of pyridine rings is 1. The second-order valence-electron chi connectivity index (χ2n) is 4.57. The monoisotopic (exact) mass is 362 g/mol. The van der Waals surface area contributed by atoms with E-state index in [1.54, 1.807) is 19.9 Å². The summed E-state index contributed by atoms with van der Waals surface area (Å²) in [7, 11) is 0. The maximum Gasteiger partial charge on any atom is 0.146 e. The Morgan fingerprint density at radius 2 is 2.20 bits per heavy atom. The molecule has 2 unspecified atom stereocenters. The third kappa shape index (κ3) is 7.80. The molecule has 4 nitrogen and oxygen atoms in total. The summed E-state index contributed by atoms with van der Waals surface area (Å²) in [6.45, 7) is 4.13. The third-order valence-electron chi connectivity index (χ3n) is 2.38. The molecule has 1 heterocycles. The maximum atomic E-state index is 12.9. The Bertz CT molecular complexity index is 460. The standard InChI is InChI=1S/C7H8BrFN2.C6H12N2S/c1-4(10)7-5(9)2-3-6(8)11-7;1-6(9,5-8)3-2-4-7/h2-4H,10H2,1H3;9H,2-4,7H2,1H3. The zero-order chi connectivity index (χ0) is 15.8. The van der Waals surface area contributed by atoms with Crippen LogP contribution in [0.1, 0.15) is 38.4 Å². The van der Waals surface area contributed by atoms with Crippen molar-refractivity contribution in [1.82, 2.24) is 4.98 Å². The number of halogens is 2. The van der Waals surface area contributed by atoms with Crippen molar-refractivity contribution in [3.63, 3.8) is 0 Å². The molecule has 1 aromatic heterocycles. The van der Waals surface area contributed by atoms with Crippen LogP contribution in [-0.2, 0) is 0 Å². The molecular weight excluding hydrogens is 343 g/mol. The summed E-state index contributed by atoms with van der Waals surface area (Å²) in [5, 5.41) is 8.45. The van der Waals surface area contributed by atoms with E-state index in [-0.39, 0.29) is 11.9 Å². The first kappa shape index (κ1) is 19.3. The van der Waals surface area contributed by atoms with E-state index in [9.17, 15) is 4.39 Å². The van der Waals surface area contributed by atoms with Crippen LogP contribution >= 0.6 is 28.6 Å². The highest BCUT2D eigenvalue weighted by atomic mass is 79.9. The molecule has 0 radical (unpaired) electrons. The fourth-order valence-electron chi connectivity index (χ4n) is 1.25. The van der Waals surface area contributed by atoms with Gasteiger partial charge >= 0.3 is 0 Å². The average molecular weight is 363 g/mol. The predicted octanol–water partition coefficient (Wildman–Crippen LogP) is 2.94. The summed E-state index contributed by atoms with van der Waals surface area (Å²) >= 11 is 7.24. The molecule has 0 bridgehead atoms. The van der Waals surface area contributed by atoms with Crippen molar-refractivity contribution in [3.8, 4) is 6.07 Å². The van der Waals surface area contributed by atoms with Crippen molar-refractivity contribution in [2.45, 2.75) is 37.5 Å². The van der Waals surface area contributed by atoms with Gasteiger partial charge in [0.05, 0.1) is 16.5 Å². The molecule has 4 N–H and O–H groups in total. The van der Waals surface area contributed by atoms with Gasteiger partial charge in [-0.2, -0.15) is 17.9 Å². The Morgan fingerprint density at radius 3 is 2.60 bits per heavy atom. The van der Waals surface area contributed by atoms with Crippen LogP contribution in [0.25, 0.3) is 0 Å². The van der Waals surface area contributed by atoms with Gasteiger partial charge < -0.3 is 11.5 Å². The van der Waals surface area contributed by atoms with E-state index in [1.807, 2.05) is 0 Å². The number of thiol groups is 1. The van der Waals surface area contributed by atoms with Crippen LogP contribution < -0.4 is 11.5 Å². The number of hydrogen-bond acceptors (Lipinski definition) is 5. The van der Waals surface area contributed by atoms with Crippen LogP contribution in [0.5, 0.6) is 0 Å². The number of nitriles is 1. The lowest BCUT2D eigenvalue weighted by Crippen LogP contribution is -2.15. The van der Waals surface area contributed by atoms with E-state index in [4.69, 9.17) is 16.7 Å². The highest BCUT2D eigenvalue weighted by molar-refractivity contribution is 9.10. The summed E-state index contributed by atoms with van der Waals surface area (Å²) in [5.74, 6) is -0.358. The van der Waals surface area contributed by atoms with E-state index in [1.165, 1.54) is 6.07 Å². The minimum Gasteiger partial charge on any atom is -0.330 e. The van der Waals surface area contributed by atoms with Gasteiger partial charge in [-0.25, -0.2) is 9.37 Å². The number of nitrogens with zero attached hydrogens (tertiary/aromatic N) is 2. The zero-order valence-electron chi connectivity index (χ0n) is 11.6. The highest BCUT2D eigenvalue weighted by Crippen LogP contribution is 2.18. The number of aromatic nitrogens is 1. The number of nitrogens with two attached hydrogens (primary N) is 2. The molecule has 7 heteroatoms. The molecule has 0 saturated heterocycles. The molecule has 0 amide bonds. The molecule has 1 aromatic rings. The van der Waals surface area contributed by atoms with Crippen LogP contribution in [-0.4, -0.2) is 16.3 Å². The minimum absolute atomic E-state index is 0.291. The predicted molar refractivity (Wildman–Crippen MR) is 85.8 cm³/mol. The van der Waals surface area contributed by atoms with Crippen LogP contribution in [0, 0.1) is 17.1 Å². The van der Waals surface area contributed by atoms with Crippen LogP contribution in [0.2, 0.25) is 0 Å². The van der Waals surface area contributed by atoms with Gasteiger partial charge in [0.2, 0.25) is 0 Å². The lowest BCUT2D eigenvalue weighted by atomic mass is 10.1. The number of hydrogen-bond donors (Lipinski definition) is 3. The third-order valence-corrected chi connectivity index (χ3v) is 3.14. The fraction of sp³-hybridized carbons (Fsp3) is 0.538. The molecule has 0 aliphatic rings. The zero-order valence-corrected chi connectivity index (χ0v) is 14.1. The van der Waals surface area contributed by atoms with Gasteiger partial charge in [-0.15, -0.1) is 0 Å². The largest absolute Gasteiger partial charge is 0.330 e. The Kier molecular flexibility index (Phi) is 8.98. The van der Waals surface area contributed by atoms with Gasteiger partial charge in [-0.1, -0.05) is 0 Å². The van der Waals surface area contributed by atoms with Crippen LogP contribution in [0.15, 0.2) is 16.7 Å². The van der Waals surface area contributed by atoms with Gasteiger partial charge in [-0.05, 0) is 61.3 Å². The van der Waals surface area contributed by atoms with Gasteiger partial charge in [0, 0.05) is 6.04 Å². The second kappa shape index (κ2) is 9.29. The van der Waals surface area contributed by atoms with Crippen molar-refractivity contribution in [2.24, 2.45) is 11.5 Å². The normalized spacial score (nSPS) is 14.5. The Labute approximate surface area is 133 Å². The minimum atomic E-state index is -0.487. The summed E-state index contributed by atoms with van der Waals surface area (Å²) in [5.41, 5.74) is 11.0.